The number of benzene rings is 3. The topological polar surface area (TPSA) is 58.7 Å². The molecule has 5 heteroatoms. The molecule has 0 aliphatic carbocycles. The number of rotatable bonds is 8. The molecule has 0 saturated carbocycles. The lowest BCUT2D eigenvalue weighted by Crippen LogP contribution is -2.16. The molecule has 1 atom stereocenters. The number of aliphatic hydroxyl groups is 1. The molecule has 1 N–H and O–H groups in total. The monoisotopic (exact) mass is 400 g/mol. The quantitative estimate of drug-likeness (QED) is 0.452. The van der Waals surface area contributed by atoms with Crippen molar-refractivity contribution in [2.24, 2.45) is 0 Å². The van der Waals surface area contributed by atoms with E-state index in [2.05, 4.69) is 17.1 Å². The summed E-state index contributed by atoms with van der Waals surface area (Å²) in [5.74, 6) is 0.621. The summed E-state index contributed by atoms with van der Waals surface area (Å²) in [4.78, 5) is 6.40. The van der Waals surface area contributed by atoms with Gasteiger partial charge in [0.1, 0.15) is 30.4 Å². The number of anilines is 1. The number of nitrogens with zero attached hydrogens (tertiary/aromatic N) is 2. The van der Waals surface area contributed by atoms with E-state index in [4.69, 9.17) is 9.15 Å². The highest BCUT2D eigenvalue weighted by Crippen LogP contribution is 2.31. The van der Waals surface area contributed by atoms with E-state index in [0.29, 0.717) is 36.2 Å². The van der Waals surface area contributed by atoms with E-state index in [-0.39, 0.29) is 0 Å². The van der Waals surface area contributed by atoms with Crippen LogP contribution in [0.5, 0.6) is 5.75 Å². The molecule has 0 saturated heterocycles. The summed E-state index contributed by atoms with van der Waals surface area (Å²) < 4.78 is 11.6. The molecule has 30 heavy (non-hydrogen) atoms. The SMILES string of the molecule is CN(Cc1ccccc1)c1nc(C(O)c2ccccc2OCc2ccccc2)co1. The summed E-state index contributed by atoms with van der Waals surface area (Å²) in [6.45, 7) is 1.09. The van der Waals surface area contributed by atoms with E-state index < -0.39 is 6.10 Å². The van der Waals surface area contributed by atoms with Crippen LogP contribution in [0.25, 0.3) is 0 Å². The van der Waals surface area contributed by atoms with Gasteiger partial charge in [-0.05, 0) is 17.2 Å². The summed E-state index contributed by atoms with van der Waals surface area (Å²) in [5.41, 5.74) is 3.31. The second-order valence-electron chi connectivity index (χ2n) is 7.11. The number of aliphatic hydroxyl groups excluding tert-OH is 1. The second kappa shape index (κ2) is 9.29. The van der Waals surface area contributed by atoms with Crippen molar-refractivity contribution in [3.05, 3.63) is 114 Å². The molecular formula is C25H24N2O3. The largest absolute Gasteiger partial charge is 0.489 e. The Morgan fingerprint density at radius 1 is 0.900 bits per heavy atom. The zero-order valence-corrected chi connectivity index (χ0v) is 16.8. The lowest BCUT2D eigenvalue weighted by Gasteiger charge is -2.15. The molecule has 0 aliphatic heterocycles. The van der Waals surface area contributed by atoms with Gasteiger partial charge in [0.25, 0.3) is 6.01 Å². The van der Waals surface area contributed by atoms with E-state index in [1.165, 1.54) is 6.26 Å². The summed E-state index contributed by atoms with van der Waals surface area (Å²) in [7, 11) is 1.91. The minimum absolute atomic E-state index is 0.425. The number of aromatic nitrogens is 1. The van der Waals surface area contributed by atoms with Crippen LogP contribution in [-0.4, -0.2) is 17.1 Å². The van der Waals surface area contributed by atoms with Crippen molar-refractivity contribution in [1.82, 2.24) is 4.98 Å². The smallest absolute Gasteiger partial charge is 0.297 e. The van der Waals surface area contributed by atoms with E-state index in [1.807, 2.05) is 84.7 Å². The third kappa shape index (κ3) is 4.70. The Bertz CT molecular complexity index is 1060. The summed E-state index contributed by atoms with van der Waals surface area (Å²) in [6, 6.07) is 27.9. The lowest BCUT2D eigenvalue weighted by atomic mass is 10.1. The van der Waals surface area contributed by atoms with E-state index in [1.54, 1.807) is 0 Å². The van der Waals surface area contributed by atoms with Gasteiger partial charge in [-0.1, -0.05) is 78.9 Å². The summed E-state index contributed by atoms with van der Waals surface area (Å²) in [6.07, 6.45) is 0.551. The van der Waals surface area contributed by atoms with Crippen LogP contribution in [0.1, 0.15) is 28.5 Å². The van der Waals surface area contributed by atoms with E-state index >= 15 is 0 Å². The number of hydrogen-bond acceptors (Lipinski definition) is 5. The molecular weight excluding hydrogens is 376 g/mol. The van der Waals surface area contributed by atoms with Gasteiger partial charge in [-0.25, -0.2) is 0 Å². The van der Waals surface area contributed by atoms with Crippen molar-refractivity contribution in [1.29, 1.82) is 0 Å². The molecule has 0 amide bonds. The zero-order chi connectivity index (χ0) is 20.8. The standard InChI is InChI=1S/C25H24N2O3/c1-27(16-19-10-4-2-5-11-19)25-26-22(18-30-25)24(28)21-14-8-9-15-23(21)29-17-20-12-6-3-7-13-20/h2-15,18,24,28H,16-17H2,1H3. The van der Waals surface area contributed by atoms with Crippen molar-refractivity contribution in [3.63, 3.8) is 0 Å². The fraction of sp³-hybridized carbons (Fsp3) is 0.160. The molecule has 0 bridgehead atoms. The van der Waals surface area contributed by atoms with Gasteiger partial charge >= 0.3 is 0 Å². The minimum atomic E-state index is -0.945. The molecule has 0 spiro atoms. The molecule has 4 rings (SSSR count). The van der Waals surface area contributed by atoms with Crippen molar-refractivity contribution in [2.45, 2.75) is 19.3 Å². The molecule has 1 heterocycles. The average Bonchev–Trinajstić information content (AvgIpc) is 3.29. The molecule has 0 fully saturated rings. The van der Waals surface area contributed by atoms with Crippen LogP contribution < -0.4 is 9.64 Å². The predicted molar refractivity (Wildman–Crippen MR) is 116 cm³/mol. The van der Waals surface area contributed by atoms with Crippen molar-refractivity contribution in [2.75, 3.05) is 11.9 Å². The maximum atomic E-state index is 10.9. The van der Waals surface area contributed by atoms with Gasteiger partial charge in [-0.15, -0.1) is 0 Å². The minimum Gasteiger partial charge on any atom is -0.489 e. The van der Waals surface area contributed by atoms with E-state index in [0.717, 1.165) is 11.1 Å². The fourth-order valence-electron chi connectivity index (χ4n) is 3.23. The van der Waals surface area contributed by atoms with Gasteiger partial charge in [0.2, 0.25) is 0 Å². The Morgan fingerprint density at radius 2 is 1.53 bits per heavy atom. The predicted octanol–water partition coefficient (Wildman–Crippen LogP) is 4.97. The molecule has 5 nitrogen and oxygen atoms in total. The molecule has 0 radical (unpaired) electrons. The molecule has 1 aromatic heterocycles. The highest BCUT2D eigenvalue weighted by molar-refractivity contribution is 5.40. The average molecular weight is 400 g/mol. The number of hydrogen-bond donors (Lipinski definition) is 1. The van der Waals surface area contributed by atoms with Gasteiger partial charge in [0, 0.05) is 19.2 Å². The Hall–Kier alpha value is -3.57. The highest BCUT2D eigenvalue weighted by Gasteiger charge is 2.20. The first kappa shape index (κ1) is 19.7. The first-order chi connectivity index (χ1) is 14.7. The number of ether oxygens (including phenoxy) is 1. The van der Waals surface area contributed by atoms with Crippen LogP contribution >= 0.6 is 0 Å². The van der Waals surface area contributed by atoms with Crippen molar-refractivity contribution < 1.29 is 14.3 Å². The van der Waals surface area contributed by atoms with Crippen LogP contribution in [0, 0.1) is 0 Å². The first-order valence-corrected chi connectivity index (χ1v) is 9.85. The van der Waals surface area contributed by atoms with Crippen molar-refractivity contribution in [3.8, 4) is 5.75 Å². The maximum absolute atomic E-state index is 10.9. The Labute approximate surface area is 176 Å². The summed E-state index contributed by atoms with van der Waals surface area (Å²) in [5, 5.41) is 10.9. The Kier molecular flexibility index (Phi) is 6.11. The van der Waals surface area contributed by atoms with Crippen LogP contribution in [0.2, 0.25) is 0 Å². The molecule has 1 unspecified atom stereocenters. The summed E-state index contributed by atoms with van der Waals surface area (Å²) >= 11 is 0. The number of oxazole rings is 1. The Balaban J connectivity index is 1.48. The van der Waals surface area contributed by atoms with Gasteiger partial charge in [0.15, 0.2) is 0 Å². The van der Waals surface area contributed by atoms with E-state index in [9.17, 15) is 5.11 Å². The molecule has 0 aliphatic rings. The van der Waals surface area contributed by atoms with Crippen LogP contribution in [0.4, 0.5) is 6.01 Å². The molecule has 3 aromatic carbocycles. The molecule has 4 aromatic rings. The zero-order valence-electron chi connectivity index (χ0n) is 16.8. The molecule has 152 valence electrons. The van der Waals surface area contributed by atoms with Gasteiger partial charge in [-0.3, -0.25) is 0 Å². The lowest BCUT2D eigenvalue weighted by molar-refractivity contribution is 0.204. The van der Waals surface area contributed by atoms with Crippen LogP contribution in [0.15, 0.2) is 95.6 Å². The Morgan fingerprint density at radius 3 is 2.27 bits per heavy atom. The first-order valence-electron chi connectivity index (χ1n) is 9.85. The normalized spacial score (nSPS) is 11.8. The van der Waals surface area contributed by atoms with Gasteiger partial charge in [0.05, 0.1) is 0 Å². The fourth-order valence-corrected chi connectivity index (χ4v) is 3.23. The highest BCUT2D eigenvalue weighted by atomic mass is 16.5. The van der Waals surface area contributed by atoms with Gasteiger partial charge < -0.3 is 19.2 Å². The third-order valence-corrected chi connectivity index (χ3v) is 4.83. The van der Waals surface area contributed by atoms with Crippen LogP contribution in [0.3, 0.4) is 0 Å². The second-order valence-corrected chi connectivity index (χ2v) is 7.11. The number of para-hydroxylation sites is 1. The maximum Gasteiger partial charge on any atom is 0.297 e. The third-order valence-electron chi connectivity index (χ3n) is 4.83. The van der Waals surface area contributed by atoms with Gasteiger partial charge in [-0.2, -0.15) is 4.98 Å². The van der Waals surface area contributed by atoms with Crippen molar-refractivity contribution >= 4 is 6.01 Å². The van der Waals surface area contributed by atoms with Crippen LogP contribution in [-0.2, 0) is 13.2 Å².